The Labute approximate surface area is 117 Å². The normalized spacial score (nSPS) is 10.0. The molecule has 0 fully saturated rings. The van der Waals surface area contributed by atoms with Crippen LogP contribution in [-0.4, -0.2) is 12.3 Å². The molecule has 0 radical (unpaired) electrons. The third-order valence-corrected chi connectivity index (χ3v) is 3.13. The predicted molar refractivity (Wildman–Crippen MR) is 77.7 cm³/mol. The number of nitrogens with zero attached hydrogens (tertiary/aromatic N) is 1. The summed E-state index contributed by atoms with van der Waals surface area (Å²) in [5, 5.41) is 0. The molecule has 0 unspecified atom stereocenters. The fraction of sp³-hybridized carbons (Fsp3) is 0.0667. The molecule has 96 valence electrons. The second-order valence-electron chi connectivity index (χ2n) is 4.11. The average molecular weight is 271 g/mol. The molecule has 0 heterocycles. The Morgan fingerprint density at radius 3 is 2.32 bits per heavy atom. The van der Waals surface area contributed by atoms with Crippen molar-refractivity contribution in [1.82, 2.24) is 0 Å². The van der Waals surface area contributed by atoms with Gasteiger partial charge in [0, 0.05) is 10.5 Å². The molecule has 2 rings (SSSR count). The van der Waals surface area contributed by atoms with E-state index in [1.165, 1.54) is 0 Å². The Morgan fingerprint density at radius 1 is 1.11 bits per heavy atom. The summed E-state index contributed by atoms with van der Waals surface area (Å²) in [5.74, 6) is -0.333. The van der Waals surface area contributed by atoms with Crippen LogP contribution in [0.4, 0.5) is 5.69 Å². The number of hydrogen-bond donors (Lipinski definition) is 1. The average Bonchev–Trinajstić information content (AvgIpc) is 2.42. The standard InChI is InChI=1S/C15H13NO2S/c1-11-4-2-3-5-14(11)15(18)16(10-17)12-6-8-13(19)9-7-12/h2-10,19H,1H3. The van der Waals surface area contributed by atoms with Crippen LogP contribution in [0.2, 0.25) is 0 Å². The van der Waals surface area contributed by atoms with Crippen molar-refractivity contribution >= 4 is 30.6 Å². The number of thiol groups is 1. The van der Waals surface area contributed by atoms with Gasteiger partial charge in [0.15, 0.2) is 0 Å². The van der Waals surface area contributed by atoms with Gasteiger partial charge in [-0.15, -0.1) is 12.6 Å². The second-order valence-corrected chi connectivity index (χ2v) is 4.63. The number of anilines is 1. The third kappa shape index (κ3) is 2.85. The Hall–Kier alpha value is -2.07. The minimum Gasteiger partial charge on any atom is -0.278 e. The smallest absolute Gasteiger partial charge is 0.265 e. The second kappa shape index (κ2) is 5.71. The SMILES string of the molecule is Cc1ccccc1C(=O)N(C=O)c1ccc(S)cc1. The van der Waals surface area contributed by atoms with Crippen molar-refractivity contribution in [1.29, 1.82) is 0 Å². The first kappa shape index (κ1) is 13.4. The summed E-state index contributed by atoms with van der Waals surface area (Å²) in [5.41, 5.74) is 1.88. The van der Waals surface area contributed by atoms with Crippen molar-refractivity contribution < 1.29 is 9.59 Å². The molecule has 2 aromatic carbocycles. The molecule has 4 heteroatoms. The number of aryl methyl sites for hydroxylation is 1. The zero-order valence-electron chi connectivity index (χ0n) is 10.4. The van der Waals surface area contributed by atoms with Gasteiger partial charge in [-0.2, -0.15) is 0 Å². The fourth-order valence-electron chi connectivity index (χ4n) is 1.78. The molecule has 19 heavy (non-hydrogen) atoms. The summed E-state index contributed by atoms with van der Waals surface area (Å²) >= 11 is 4.18. The van der Waals surface area contributed by atoms with Crippen LogP contribution >= 0.6 is 12.6 Å². The Kier molecular flexibility index (Phi) is 4.02. The first-order valence-corrected chi connectivity index (χ1v) is 6.21. The van der Waals surface area contributed by atoms with Crippen molar-refractivity contribution in [2.75, 3.05) is 4.90 Å². The molecule has 0 N–H and O–H groups in total. The molecule has 0 aliphatic carbocycles. The quantitative estimate of drug-likeness (QED) is 0.688. The molecular formula is C15H13NO2S. The van der Waals surface area contributed by atoms with E-state index in [1.54, 1.807) is 36.4 Å². The first-order valence-electron chi connectivity index (χ1n) is 5.77. The van der Waals surface area contributed by atoms with E-state index in [-0.39, 0.29) is 5.91 Å². The highest BCUT2D eigenvalue weighted by molar-refractivity contribution is 7.80. The minimum atomic E-state index is -0.333. The van der Waals surface area contributed by atoms with Crippen molar-refractivity contribution in [3.8, 4) is 0 Å². The lowest BCUT2D eigenvalue weighted by atomic mass is 10.1. The number of rotatable bonds is 3. The molecule has 2 amide bonds. The summed E-state index contributed by atoms with van der Waals surface area (Å²) in [6.07, 6.45) is 0.530. The van der Waals surface area contributed by atoms with Gasteiger partial charge < -0.3 is 0 Å². The monoisotopic (exact) mass is 271 g/mol. The van der Waals surface area contributed by atoms with E-state index < -0.39 is 0 Å². The Bertz CT molecular complexity index is 608. The molecule has 0 atom stereocenters. The number of imide groups is 1. The third-order valence-electron chi connectivity index (χ3n) is 2.83. The van der Waals surface area contributed by atoms with Gasteiger partial charge in [-0.25, -0.2) is 4.90 Å². The maximum atomic E-state index is 12.4. The summed E-state index contributed by atoms with van der Waals surface area (Å²) in [7, 11) is 0. The molecular weight excluding hydrogens is 258 g/mol. The molecule has 0 bridgehead atoms. The van der Waals surface area contributed by atoms with E-state index in [2.05, 4.69) is 12.6 Å². The first-order chi connectivity index (χ1) is 9.13. The number of hydrogen-bond acceptors (Lipinski definition) is 3. The number of benzene rings is 2. The highest BCUT2D eigenvalue weighted by Crippen LogP contribution is 2.19. The van der Waals surface area contributed by atoms with Gasteiger partial charge >= 0.3 is 0 Å². The number of amides is 2. The van der Waals surface area contributed by atoms with E-state index in [4.69, 9.17) is 0 Å². The van der Waals surface area contributed by atoms with Crippen LogP contribution in [-0.2, 0) is 4.79 Å². The van der Waals surface area contributed by atoms with Gasteiger partial charge in [0.05, 0.1) is 5.69 Å². The fourth-order valence-corrected chi connectivity index (χ4v) is 1.93. The molecule has 2 aromatic rings. The van der Waals surface area contributed by atoms with Gasteiger partial charge in [0.25, 0.3) is 5.91 Å². The van der Waals surface area contributed by atoms with Gasteiger partial charge in [-0.05, 0) is 42.8 Å². The van der Waals surface area contributed by atoms with Crippen LogP contribution in [0.15, 0.2) is 53.4 Å². The van der Waals surface area contributed by atoms with E-state index in [0.29, 0.717) is 17.7 Å². The van der Waals surface area contributed by atoms with Crippen LogP contribution in [0.3, 0.4) is 0 Å². The van der Waals surface area contributed by atoms with Crippen LogP contribution in [0.25, 0.3) is 0 Å². The number of carbonyl (C=O) groups excluding carboxylic acids is 2. The molecule has 0 aromatic heterocycles. The van der Waals surface area contributed by atoms with Crippen molar-refractivity contribution in [3.63, 3.8) is 0 Å². The van der Waals surface area contributed by atoms with Gasteiger partial charge in [0.2, 0.25) is 6.41 Å². The lowest BCUT2D eigenvalue weighted by molar-refractivity contribution is -0.106. The summed E-state index contributed by atoms with van der Waals surface area (Å²) in [6, 6.07) is 14.0. The lowest BCUT2D eigenvalue weighted by Crippen LogP contribution is -2.29. The maximum absolute atomic E-state index is 12.4. The molecule has 0 aliphatic rings. The zero-order chi connectivity index (χ0) is 13.8. The molecule has 0 saturated carbocycles. The minimum absolute atomic E-state index is 0.333. The highest BCUT2D eigenvalue weighted by Gasteiger charge is 2.18. The molecule has 0 saturated heterocycles. The molecule has 0 aliphatic heterocycles. The summed E-state index contributed by atoms with van der Waals surface area (Å²) in [4.78, 5) is 25.4. The van der Waals surface area contributed by atoms with E-state index in [1.807, 2.05) is 19.1 Å². The van der Waals surface area contributed by atoms with Crippen molar-refractivity contribution in [2.45, 2.75) is 11.8 Å². The topological polar surface area (TPSA) is 37.4 Å². The van der Waals surface area contributed by atoms with Crippen LogP contribution in [0.1, 0.15) is 15.9 Å². The lowest BCUT2D eigenvalue weighted by Gasteiger charge is -2.16. The van der Waals surface area contributed by atoms with Crippen LogP contribution in [0.5, 0.6) is 0 Å². The Morgan fingerprint density at radius 2 is 1.74 bits per heavy atom. The summed E-state index contributed by atoms with van der Waals surface area (Å²) in [6.45, 7) is 1.84. The van der Waals surface area contributed by atoms with Crippen molar-refractivity contribution in [2.24, 2.45) is 0 Å². The number of carbonyl (C=O) groups is 2. The largest absolute Gasteiger partial charge is 0.278 e. The van der Waals surface area contributed by atoms with Gasteiger partial charge in [-0.3, -0.25) is 9.59 Å². The van der Waals surface area contributed by atoms with Crippen LogP contribution < -0.4 is 4.90 Å². The predicted octanol–water partition coefficient (Wildman–Crippen LogP) is 3.09. The molecule has 3 nitrogen and oxygen atoms in total. The maximum Gasteiger partial charge on any atom is 0.265 e. The van der Waals surface area contributed by atoms with Gasteiger partial charge in [0.1, 0.15) is 0 Å². The van der Waals surface area contributed by atoms with Crippen molar-refractivity contribution in [3.05, 3.63) is 59.7 Å². The van der Waals surface area contributed by atoms with Crippen LogP contribution in [0, 0.1) is 6.92 Å². The summed E-state index contributed by atoms with van der Waals surface area (Å²) < 4.78 is 0. The van der Waals surface area contributed by atoms with Gasteiger partial charge in [-0.1, -0.05) is 18.2 Å². The van der Waals surface area contributed by atoms with E-state index >= 15 is 0 Å². The highest BCUT2D eigenvalue weighted by atomic mass is 32.1. The van der Waals surface area contributed by atoms with E-state index in [0.717, 1.165) is 15.4 Å². The molecule has 0 spiro atoms. The Balaban J connectivity index is 2.38. The van der Waals surface area contributed by atoms with E-state index in [9.17, 15) is 9.59 Å². The zero-order valence-corrected chi connectivity index (χ0v) is 11.3.